The minimum absolute atomic E-state index is 0.269. The van der Waals surface area contributed by atoms with Gasteiger partial charge in [0.15, 0.2) is 5.47 Å². The van der Waals surface area contributed by atoms with Crippen LogP contribution < -0.4 is 10.0 Å². The number of non-ortho nitro benzene ring substituents is 1. The van der Waals surface area contributed by atoms with Crippen molar-refractivity contribution >= 4 is 55.2 Å². The van der Waals surface area contributed by atoms with Gasteiger partial charge in [0.1, 0.15) is 5.75 Å². The molecule has 138 valence electrons. The smallest absolute Gasteiger partial charge is 0.290 e. The molecule has 0 saturated carbocycles. The van der Waals surface area contributed by atoms with Crippen LogP contribution in [0.4, 0.5) is 11.4 Å². The van der Waals surface area contributed by atoms with E-state index in [9.17, 15) is 20.2 Å². The zero-order chi connectivity index (χ0) is 19.3. The summed E-state index contributed by atoms with van der Waals surface area (Å²) < 4.78 is 10.6. The van der Waals surface area contributed by atoms with E-state index in [1.165, 1.54) is 29.7 Å². The molecule has 0 saturated heterocycles. The number of nitrogens with zero attached hydrogens (tertiary/aromatic N) is 2. The normalized spacial score (nSPS) is 13.0. The second-order valence-corrected chi connectivity index (χ2v) is 13.4. The Kier molecular flexibility index (Phi) is 7.01. The van der Waals surface area contributed by atoms with Crippen molar-refractivity contribution in [1.82, 2.24) is 0 Å². The van der Waals surface area contributed by atoms with Crippen molar-refractivity contribution in [3.8, 4) is 5.75 Å². The van der Waals surface area contributed by atoms with Gasteiger partial charge in [0.25, 0.3) is 11.4 Å². The summed E-state index contributed by atoms with van der Waals surface area (Å²) in [4.78, 5) is 21.0. The highest BCUT2D eigenvalue weighted by atomic mass is 33.4. The number of rotatable bonds is 8. The average Bonchev–Trinajstić information content (AvgIpc) is 2.65. The quantitative estimate of drug-likeness (QED) is 0.257. The van der Waals surface area contributed by atoms with E-state index in [4.69, 9.17) is 21.1 Å². The second kappa shape index (κ2) is 8.83. The lowest BCUT2D eigenvalue weighted by atomic mass is 10.3. The van der Waals surface area contributed by atoms with Crippen molar-refractivity contribution < 1.29 is 19.1 Å². The molecule has 1 atom stereocenters. The van der Waals surface area contributed by atoms with Gasteiger partial charge in [-0.2, -0.15) is 0 Å². The van der Waals surface area contributed by atoms with E-state index in [1.54, 1.807) is 31.4 Å². The fourth-order valence-corrected chi connectivity index (χ4v) is 9.14. The summed E-state index contributed by atoms with van der Waals surface area (Å²) >= 11 is 5.64. The Hall–Kier alpha value is -1.65. The van der Waals surface area contributed by atoms with E-state index in [2.05, 4.69) is 0 Å². The van der Waals surface area contributed by atoms with Crippen LogP contribution in [0.3, 0.4) is 0 Å². The number of hydrogen-bond acceptors (Lipinski definition) is 9. The van der Waals surface area contributed by atoms with E-state index in [0.717, 1.165) is 22.2 Å². The van der Waals surface area contributed by atoms with Crippen molar-refractivity contribution in [1.29, 1.82) is 0 Å². The van der Waals surface area contributed by atoms with Gasteiger partial charge < -0.3 is 9.26 Å². The molecule has 0 bridgehead atoms. The maximum atomic E-state index is 11.2. The van der Waals surface area contributed by atoms with E-state index in [0.29, 0.717) is 5.75 Å². The monoisotopic (exact) mass is 432 g/mol. The van der Waals surface area contributed by atoms with Crippen molar-refractivity contribution in [2.75, 3.05) is 14.2 Å². The summed E-state index contributed by atoms with van der Waals surface area (Å²) in [6, 6.07) is 10.6. The Bertz CT molecular complexity index is 877. The zero-order valence-electron chi connectivity index (χ0n) is 13.6. The lowest BCUT2D eigenvalue weighted by molar-refractivity contribution is -0.396. The van der Waals surface area contributed by atoms with Crippen molar-refractivity contribution in [3.63, 3.8) is 0 Å². The fraction of sp³-hybridized carbons (Fsp3) is 0.143. The molecule has 2 aromatic rings. The summed E-state index contributed by atoms with van der Waals surface area (Å²) in [5.74, 6) is 0.676. The van der Waals surface area contributed by atoms with Gasteiger partial charge >= 0.3 is 0 Å². The molecule has 12 heteroatoms. The highest BCUT2D eigenvalue weighted by Crippen LogP contribution is 2.65. The first-order valence-electron chi connectivity index (χ1n) is 6.90. The molecule has 0 aliphatic heterocycles. The Balaban J connectivity index is 2.28. The number of ether oxygens (including phenoxy) is 1. The largest absolute Gasteiger partial charge is 0.497 e. The van der Waals surface area contributed by atoms with Crippen LogP contribution in [0.2, 0.25) is 0 Å². The predicted molar refractivity (Wildman–Crippen MR) is 107 cm³/mol. The van der Waals surface area contributed by atoms with Crippen molar-refractivity contribution in [3.05, 3.63) is 62.7 Å². The van der Waals surface area contributed by atoms with Gasteiger partial charge in [0.2, 0.25) is 0 Å². The molecule has 0 N–H and O–H groups in total. The lowest BCUT2D eigenvalue weighted by Gasteiger charge is -2.19. The van der Waals surface area contributed by atoms with Crippen LogP contribution in [-0.4, -0.2) is 24.1 Å². The van der Waals surface area contributed by atoms with Crippen LogP contribution in [-0.2, 0) is 16.3 Å². The SMILES string of the molecule is COc1ccc(P(=S)(OC)SSc2ccc([N+](=O)[O-])cc2[N+](=O)[O-])cc1. The molecular weight excluding hydrogens is 419 g/mol. The lowest BCUT2D eigenvalue weighted by Crippen LogP contribution is -2.02. The van der Waals surface area contributed by atoms with Gasteiger partial charge in [-0.05, 0) is 63.3 Å². The predicted octanol–water partition coefficient (Wildman–Crippen LogP) is 4.53. The first kappa shape index (κ1) is 20.7. The maximum absolute atomic E-state index is 11.2. The molecule has 26 heavy (non-hydrogen) atoms. The molecule has 0 fully saturated rings. The Morgan fingerprint density at radius 1 is 1.04 bits per heavy atom. The standard InChI is InChI=1S/C14H13N2O6PS3/c1-21-11-4-6-12(7-5-11)23(24,22-2)26-25-14-8-3-10(15(17)18)9-13(14)16(19)20/h3-9H,1-2H3. The van der Waals surface area contributed by atoms with E-state index in [-0.39, 0.29) is 16.3 Å². The van der Waals surface area contributed by atoms with Crippen LogP contribution in [0.1, 0.15) is 0 Å². The third kappa shape index (κ3) is 4.74. The summed E-state index contributed by atoms with van der Waals surface area (Å²) in [5.41, 5.74) is -3.21. The Morgan fingerprint density at radius 2 is 1.69 bits per heavy atom. The molecule has 2 aromatic carbocycles. The van der Waals surface area contributed by atoms with Gasteiger partial charge in [0.05, 0.1) is 27.9 Å². The van der Waals surface area contributed by atoms with Gasteiger partial charge in [0, 0.05) is 18.5 Å². The van der Waals surface area contributed by atoms with Crippen LogP contribution in [0, 0.1) is 20.2 Å². The third-order valence-electron chi connectivity index (χ3n) is 3.20. The molecule has 0 aliphatic rings. The van der Waals surface area contributed by atoms with E-state index < -0.39 is 15.3 Å². The summed E-state index contributed by atoms with van der Waals surface area (Å²) in [7, 11) is 5.31. The molecule has 8 nitrogen and oxygen atoms in total. The number of nitro groups is 2. The minimum Gasteiger partial charge on any atom is -0.497 e. The molecule has 0 aliphatic carbocycles. The molecule has 1 unspecified atom stereocenters. The Labute approximate surface area is 161 Å². The van der Waals surface area contributed by atoms with E-state index >= 15 is 0 Å². The third-order valence-corrected chi connectivity index (χ3v) is 13.0. The number of methoxy groups -OCH3 is 1. The van der Waals surface area contributed by atoms with Crippen LogP contribution in [0.15, 0.2) is 47.4 Å². The fourth-order valence-electron chi connectivity index (χ4n) is 1.87. The summed E-state index contributed by atoms with van der Waals surface area (Å²) in [6.45, 7) is 0. The second-order valence-electron chi connectivity index (χ2n) is 4.70. The molecule has 0 spiro atoms. The molecular formula is C14H13N2O6PS3. The molecule has 0 amide bonds. The number of benzene rings is 2. The van der Waals surface area contributed by atoms with Crippen LogP contribution >= 0.6 is 26.7 Å². The summed E-state index contributed by atoms with van der Waals surface area (Å²) in [6.07, 6.45) is 0. The van der Waals surface area contributed by atoms with Gasteiger partial charge in [-0.15, -0.1) is 0 Å². The maximum Gasteiger partial charge on any atom is 0.290 e. The Morgan fingerprint density at radius 3 is 2.19 bits per heavy atom. The molecule has 2 rings (SSSR count). The summed E-state index contributed by atoms with van der Waals surface area (Å²) in [5, 5.41) is 22.8. The van der Waals surface area contributed by atoms with Crippen molar-refractivity contribution in [2.45, 2.75) is 4.90 Å². The van der Waals surface area contributed by atoms with Crippen LogP contribution in [0.25, 0.3) is 0 Å². The van der Waals surface area contributed by atoms with Gasteiger partial charge in [-0.25, -0.2) is 0 Å². The van der Waals surface area contributed by atoms with Crippen molar-refractivity contribution in [2.24, 2.45) is 0 Å². The number of nitro benzene ring substituents is 2. The first-order chi connectivity index (χ1) is 12.3. The van der Waals surface area contributed by atoms with E-state index in [1.807, 2.05) is 0 Å². The molecule has 0 radical (unpaired) electrons. The first-order valence-corrected chi connectivity index (χ1v) is 12.4. The number of hydrogen-bond donors (Lipinski definition) is 0. The van der Waals surface area contributed by atoms with Gasteiger partial charge in [-0.3, -0.25) is 20.2 Å². The minimum atomic E-state index is -2.53. The zero-order valence-corrected chi connectivity index (χ0v) is 16.9. The molecule has 0 heterocycles. The topological polar surface area (TPSA) is 105 Å². The van der Waals surface area contributed by atoms with Crippen LogP contribution in [0.5, 0.6) is 5.75 Å². The highest BCUT2D eigenvalue weighted by molar-refractivity contribution is 9.04. The average molecular weight is 432 g/mol. The van der Waals surface area contributed by atoms with Gasteiger partial charge in [-0.1, -0.05) is 0 Å². The molecule has 0 aromatic heterocycles. The highest BCUT2D eigenvalue weighted by Gasteiger charge is 2.25.